The number of phenolic OH excluding ortho intramolecular Hbond substituents is 1. The third kappa shape index (κ3) is 3.69. The second-order valence-electron chi connectivity index (χ2n) is 4.48. The summed E-state index contributed by atoms with van der Waals surface area (Å²) >= 11 is 0. The Balaban J connectivity index is 2.32. The van der Waals surface area contributed by atoms with Gasteiger partial charge in [-0.15, -0.1) is 10.2 Å². The first kappa shape index (κ1) is 15.2. The van der Waals surface area contributed by atoms with Gasteiger partial charge in [0.15, 0.2) is 5.82 Å². The quantitative estimate of drug-likeness (QED) is 0.446. The molecule has 0 aliphatic carbocycles. The van der Waals surface area contributed by atoms with Crippen LogP contribution in [-0.2, 0) is 0 Å². The highest BCUT2D eigenvalue weighted by molar-refractivity contribution is 5.84. The zero-order chi connectivity index (χ0) is 15.9. The minimum atomic E-state index is 0.141. The fourth-order valence-electron chi connectivity index (χ4n) is 1.76. The number of nitrogens with two attached hydrogens (primary N) is 1. The van der Waals surface area contributed by atoms with Gasteiger partial charge in [-0.1, -0.05) is 30.9 Å². The molecule has 112 valence electrons. The summed E-state index contributed by atoms with van der Waals surface area (Å²) in [6.45, 7) is 3.84. The summed E-state index contributed by atoms with van der Waals surface area (Å²) in [6.07, 6.45) is 5.13. The smallest absolute Gasteiger partial charge is 0.153 e. The Kier molecular flexibility index (Phi) is 4.87. The van der Waals surface area contributed by atoms with Gasteiger partial charge in [-0.05, 0) is 23.8 Å². The number of benzene rings is 1. The zero-order valence-electron chi connectivity index (χ0n) is 12.2. The van der Waals surface area contributed by atoms with Crippen molar-refractivity contribution in [3.05, 3.63) is 54.1 Å². The molecule has 0 unspecified atom stereocenters. The van der Waals surface area contributed by atoms with Gasteiger partial charge < -0.3 is 16.3 Å². The van der Waals surface area contributed by atoms with Gasteiger partial charge in [0.1, 0.15) is 5.75 Å². The molecule has 0 saturated carbocycles. The number of nitrogen functional groups attached to an aromatic ring is 1. The molecule has 0 radical (unpaired) electrons. The van der Waals surface area contributed by atoms with Crippen molar-refractivity contribution in [1.82, 2.24) is 15.6 Å². The van der Waals surface area contributed by atoms with Gasteiger partial charge in [-0.25, -0.2) is 0 Å². The molecule has 0 spiro atoms. The maximum atomic E-state index is 9.88. The molecular weight excluding hydrogens is 278 g/mol. The number of aromatic nitrogens is 2. The van der Waals surface area contributed by atoms with Crippen LogP contribution in [0.1, 0.15) is 5.56 Å². The van der Waals surface area contributed by atoms with Crippen LogP contribution in [0.15, 0.2) is 53.7 Å². The van der Waals surface area contributed by atoms with E-state index >= 15 is 0 Å². The van der Waals surface area contributed by atoms with E-state index in [1.54, 1.807) is 49.7 Å². The molecule has 1 aromatic heterocycles. The third-order valence-electron chi connectivity index (χ3n) is 2.87. The van der Waals surface area contributed by atoms with Crippen molar-refractivity contribution in [2.24, 2.45) is 5.10 Å². The maximum Gasteiger partial charge on any atom is 0.153 e. The van der Waals surface area contributed by atoms with Gasteiger partial charge in [0.05, 0.1) is 11.9 Å². The lowest BCUT2D eigenvalue weighted by Crippen LogP contribution is -1.98. The van der Waals surface area contributed by atoms with Gasteiger partial charge in [0, 0.05) is 18.2 Å². The SMILES string of the molecule is C=C(/C=N\NC)/C=C/c1cc(-c2ccccc2O)nnc1N. The summed E-state index contributed by atoms with van der Waals surface area (Å²) in [6, 6.07) is 8.69. The molecule has 4 N–H and O–H groups in total. The Bertz CT molecular complexity index is 737. The van der Waals surface area contributed by atoms with Crippen LogP contribution >= 0.6 is 0 Å². The molecule has 0 bridgehead atoms. The third-order valence-corrected chi connectivity index (χ3v) is 2.87. The Morgan fingerprint density at radius 1 is 1.36 bits per heavy atom. The average Bonchev–Trinajstić information content (AvgIpc) is 2.53. The predicted octanol–water partition coefficient (Wildman–Crippen LogP) is 2.21. The normalized spacial score (nSPS) is 11.1. The van der Waals surface area contributed by atoms with Crippen LogP contribution in [0.3, 0.4) is 0 Å². The van der Waals surface area contributed by atoms with E-state index in [-0.39, 0.29) is 5.75 Å². The highest BCUT2D eigenvalue weighted by Gasteiger charge is 2.08. The van der Waals surface area contributed by atoms with Gasteiger partial charge in [0.2, 0.25) is 0 Å². The first-order valence-electron chi connectivity index (χ1n) is 6.60. The number of hydrazone groups is 1. The van der Waals surface area contributed by atoms with Crippen molar-refractivity contribution >= 4 is 18.1 Å². The van der Waals surface area contributed by atoms with E-state index in [0.29, 0.717) is 28.2 Å². The lowest BCUT2D eigenvalue weighted by Gasteiger charge is -2.05. The number of allylic oxidation sites excluding steroid dienone is 2. The Hall–Kier alpha value is -3.15. The molecule has 6 nitrogen and oxygen atoms in total. The fraction of sp³-hybridized carbons (Fsp3) is 0.0625. The van der Waals surface area contributed by atoms with E-state index in [4.69, 9.17) is 5.73 Å². The van der Waals surface area contributed by atoms with Crippen LogP contribution in [0.4, 0.5) is 5.82 Å². The molecule has 1 aromatic carbocycles. The van der Waals surface area contributed by atoms with Crippen LogP contribution in [0.25, 0.3) is 17.3 Å². The maximum absolute atomic E-state index is 9.88. The van der Waals surface area contributed by atoms with Crippen molar-refractivity contribution in [1.29, 1.82) is 0 Å². The Morgan fingerprint density at radius 3 is 2.86 bits per heavy atom. The number of rotatable bonds is 5. The van der Waals surface area contributed by atoms with Crippen molar-refractivity contribution in [2.75, 3.05) is 12.8 Å². The molecule has 0 amide bonds. The van der Waals surface area contributed by atoms with E-state index in [2.05, 4.69) is 27.3 Å². The molecule has 1 heterocycles. The second kappa shape index (κ2) is 7.03. The summed E-state index contributed by atoms with van der Waals surface area (Å²) < 4.78 is 0. The largest absolute Gasteiger partial charge is 0.507 e. The molecule has 0 aliphatic heterocycles. The first-order valence-corrected chi connectivity index (χ1v) is 6.60. The number of aromatic hydroxyl groups is 1. The zero-order valence-corrected chi connectivity index (χ0v) is 12.2. The minimum absolute atomic E-state index is 0.141. The molecule has 0 saturated heterocycles. The van der Waals surface area contributed by atoms with E-state index in [9.17, 15) is 5.11 Å². The number of nitrogens with zero attached hydrogens (tertiary/aromatic N) is 3. The monoisotopic (exact) mass is 295 g/mol. The first-order chi connectivity index (χ1) is 10.6. The molecule has 2 rings (SSSR count). The van der Waals surface area contributed by atoms with Crippen LogP contribution in [-0.4, -0.2) is 28.6 Å². The summed E-state index contributed by atoms with van der Waals surface area (Å²) in [5, 5.41) is 21.7. The van der Waals surface area contributed by atoms with Gasteiger partial charge in [-0.3, -0.25) is 0 Å². The Morgan fingerprint density at radius 2 is 2.14 bits per heavy atom. The lowest BCUT2D eigenvalue weighted by molar-refractivity contribution is 0.477. The number of hydrogen-bond donors (Lipinski definition) is 3. The Labute approximate surface area is 128 Å². The van der Waals surface area contributed by atoms with E-state index in [1.807, 2.05) is 6.07 Å². The fourth-order valence-corrected chi connectivity index (χ4v) is 1.76. The van der Waals surface area contributed by atoms with Crippen LogP contribution < -0.4 is 11.2 Å². The summed E-state index contributed by atoms with van der Waals surface area (Å²) in [4.78, 5) is 0. The average molecular weight is 295 g/mol. The molecule has 0 aliphatic rings. The van der Waals surface area contributed by atoms with Crippen molar-refractivity contribution in [2.45, 2.75) is 0 Å². The van der Waals surface area contributed by atoms with Crippen molar-refractivity contribution in [3.63, 3.8) is 0 Å². The number of anilines is 1. The van der Waals surface area contributed by atoms with Crippen molar-refractivity contribution < 1.29 is 5.11 Å². The summed E-state index contributed by atoms with van der Waals surface area (Å²) in [7, 11) is 1.71. The number of phenols is 1. The topological polar surface area (TPSA) is 96.4 Å². The van der Waals surface area contributed by atoms with Crippen LogP contribution in [0.2, 0.25) is 0 Å². The molecule has 2 aromatic rings. The predicted molar refractivity (Wildman–Crippen MR) is 89.3 cm³/mol. The number of para-hydroxylation sites is 1. The molecule has 0 atom stereocenters. The van der Waals surface area contributed by atoms with Gasteiger partial charge >= 0.3 is 0 Å². The van der Waals surface area contributed by atoms with E-state index < -0.39 is 0 Å². The summed E-state index contributed by atoms with van der Waals surface area (Å²) in [5.74, 6) is 0.441. The number of nitrogens with one attached hydrogen (secondary N) is 1. The van der Waals surface area contributed by atoms with Gasteiger partial charge in [-0.2, -0.15) is 5.10 Å². The number of hydrogen-bond acceptors (Lipinski definition) is 6. The molecular formula is C16H17N5O. The lowest BCUT2D eigenvalue weighted by atomic mass is 10.1. The van der Waals surface area contributed by atoms with E-state index in [0.717, 1.165) is 0 Å². The standard InChI is InChI=1S/C16H17N5O/c1-11(10-19-18-2)7-8-12-9-14(20-21-16(12)17)13-5-3-4-6-15(13)22/h3-10,18,22H,1H2,2H3,(H2,17,21)/b8-7+,19-10-. The highest BCUT2D eigenvalue weighted by Crippen LogP contribution is 2.28. The van der Waals surface area contributed by atoms with Gasteiger partial charge in [0.25, 0.3) is 0 Å². The molecule has 6 heteroatoms. The van der Waals surface area contributed by atoms with E-state index in [1.165, 1.54) is 0 Å². The second-order valence-corrected chi connectivity index (χ2v) is 4.48. The van der Waals surface area contributed by atoms with Crippen LogP contribution in [0.5, 0.6) is 5.75 Å². The van der Waals surface area contributed by atoms with Crippen LogP contribution in [0, 0.1) is 0 Å². The summed E-state index contributed by atoms with van der Waals surface area (Å²) in [5.41, 5.74) is 11.0. The minimum Gasteiger partial charge on any atom is -0.507 e. The van der Waals surface area contributed by atoms with Crippen molar-refractivity contribution in [3.8, 4) is 17.0 Å². The molecule has 0 fully saturated rings. The molecule has 22 heavy (non-hydrogen) atoms. The highest BCUT2D eigenvalue weighted by atomic mass is 16.3.